The molecule has 0 saturated carbocycles. The van der Waals surface area contributed by atoms with E-state index < -0.39 is 12.2 Å². The van der Waals surface area contributed by atoms with Crippen LogP contribution in [0.5, 0.6) is 0 Å². The molecule has 0 aliphatic rings. The third-order valence-corrected chi connectivity index (χ3v) is 3.11. The van der Waals surface area contributed by atoms with Crippen LogP contribution in [-0.2, 0) is 0 Å². The van der Waals surface area contributed by atoms with Crippen LogP contribution < -0.4 is 5.32 Å². The summed E-state index contributed by atoms with van der Waals surface area (Å²) < 4.78 is 39.8. The first-order valence-electron chi connectivity index (χ1n) is 5.35. The lowest BCUT2D eigenvalue weighted by atomic mass is 10.1. The summed E-state index contributed by atoms with van der Waals surface area (Å²) in [7, 11) is 0. The molecule has 0 unspecified atom stereocenters. The molecule has 18 heavy (non-hydrogen) atoms. The van der Waals surface area contributed by atoms with Crippen molar-refractivity contribution in [1.82, 2.24) is 4.98 Å². The average molecular weight is 319 g/mol. The maximum atomic E-state index is 13.8. The van der Waals surface area contributed by atoms with Gasteiger partial charge in [-0.2, -0.15) is 0 Å². The van der Waals surface area contributed by atoms with Crippen molar-refractivity contribution in [2.75, 3.05) is 11.9 Å². The molecule has 96 valence electrons. The number of hydrogen-bond acceptors (Lipinski definition) is 2. The van der Waals surface area contributed by atoms with Crippen molar-refractivity contribution in [2.24, 2.45) is 0 Å². The van der Waals surface area contributed by atoms with E-state index in [1.807, 2.05) is 6.92 Å². The number of nitrogens with one attached hydrogen (secondary N) is 1. The molecule has 2 aromatic rings. The van der Waals surface area contributed by atoms with E-state index in [9.17, 15) is 13.2 Å². The Balaban J connectivity index is 2.80. The quantitative estimate of drug-likeness (QED) is 0.900. The van der Waals surface area contributed by atoms with Crippen LogP contribution in [0, 0.1) is 5.82 Å². The van der Waals surface area contributed by atoms with E-state index >= 15 is 0 Å². The Hall–Kier alpha value is -1.30. The van der Waals surface area contributed by atoms with E-state index in [0.29, 0.717) is 16.7 Å². The van der Waals surface area contributed by atoms with Crippen LogP contribution in [0.4, 0.5) is 18.9 Å². The smallest absolute Gasteiger partial charge is 0.280 e. The molecule has 2 rings (SSSR count). The van der Waals surface area contributed by atoms with Gasteiger partial charge in [0.1, 0.15) is 11.5 Å². The van der Waals surface area contributed by atoms with Gasteiger partial charge in [0.25, 0.3) is 6.43 Å². The highest BCUT2D eigenvalue weighted by Gasteiger charge is 2.16. The molecule has 0 aliphatic heterocycles. The van der Waals surface area contributed by atoms with Crippen LogP contribution in [0.15, 0.2) is 22.7 Å². The lowest BCUT2D eigenvalue weighted by Gasteiger charge is -2.12. The third-order valence-electron chi connectivity index (χ3n) is 2.47. The van der Waals surface area contributed by atoms with Crippen LogP contribution in [0.1, 0.15) is 19.0 Å². The zero-order valence-electron chi connectivity index (χ0n) is 9.48. The molecular formula is C12H10BrF3N2. The minimum Gasteiger partial charge on any atom is -0.385 e. The number of pyridine rings is 1. The predicted molar refractivity (Wildman–Crippen MR) is 68.5 cm³/mol. The van der Waals surface area contributed by atoms with Crippen LogP contribution in [-0.4, -0.2) is 11.5 Å². The zero-order chi connectivity index (χ0) is 13.3. The fourth-order valence-electron chi connectivity index (χ4n) is 1.73. The van der Waals surface area contributed by atoms with Crippen LogP contribution in [0.2, 0.25) is 0 Å². The van der Waals surface area contributed by atoms with Gasteiger partial charge in [-0.15, -0.1) is 0 Å². The van der Waals surface area contributed by atoms with Gasteiger partial charge in [-0.1, -0.05) is 0 Å². The summed E-state index contributed by atoms with van der Waals surface area (Å²) in [5.41, 5.74) is 0.158. The molecule has 1 heterocycles. The first kappa shape index (κ1) is 13.1. The number of hydrogen-bond donors (Lipinski definition) is 1. The first-order valence-corrected chi connectivity index (χ1v) is 6.14. The highest BCUT2D eigenvalue weighted by Crippen LogP contribution is 2.33. The molecule has 0 saturated heterocycles. The lowest BCUT2D eigenvalue weighted by Crippen LogP contribution is -2.02. The molecule has 1 aromatic heterocycles. The van der Waals surface area contributed by atoms with Crippen molar-refractivity contribution in [2.45, 2.75) is 13.3 Å². The summed E-state index contributed by atoms with van der Waals surface area (Å²) >= 11 is 3.20. The fourth-order valence-corrected chi connectivity index (χ4v) is 2.15. The van der Waals surface area contributed by atoms with E-state index in [0.717, 1.165) is 0 Å². The molecule has 1 aromatic carbocycles. The Morgan fingerprint density at radius 3 is 2.72 bits per heavy atom. The van der Waals surface area contributed by atoms with Crippen molar-refractivity contribution in [3.05, 3.63) is 34.2 Å². The molecular weight excluding hydrogens is 309 g/mol. The van der Waals surface area contributed by atoms with Gasteiger partial charge in [-0.05, 0) is 41.1 Å². The normalized spacial score (nSPS) is 11.2. The predicted octanol–water partition coefficient (Wildman–Crippen LogP) is 4.51. The molecule has 0 bridgehead atoms. The molecule has 0 atom stereocenters. The molecule has 1 N–H and O–H groups in total. The summed E-state index contributed by atoms with van der Waals surface area (Å²) in [6, 6.07) is 3.92. The molecule has 6 heteroatoms. The summed E-state index contributed by atoms with van der Waals surface area (Å²) in [5, 5.41) is 3.10. The number of alkyl halides is 2. The Labute approximate surface area is 110 Å². The van der Waals surface area contributed by atoms with E-state index in [2.05, 4.69) is 26.2 Å². The van der Waals surface area contributed by atoms with E-state index in [4.69, 9.17) is 0 Å². The summed E-state index contributed by atoms with van der Waals surface area (Å²) in [6.45, 7) is 2.32. The summed E-state index contributed by atoms with van der Waals surface area (Å²) in [5.74, 6) is -0.488. The average Bonchev–Trinajstić information content (AvgIpc) is 2.33. The summed E-state index contributed by atoms with van der Waals surface area (Å²) in [6.07, 6.45) is -2.69. The van der Waals surface area contributed by atoms with Crippen molar-refractivity contribution in [3.8, 4) is 0 Å². The standard InChI is InChI=1S/C12H10BrF3N2/c1-2-17-8-5-9(12(15)16)18-11-6(13)3-4-7(14)10(8)11/h3-5,12H,2H2,1H3,(H,17,18). The van der Waals surface area contributed by atoms with Gasteiger partial charge < -0.3 is 5.32 Å². The van der Waals surface area contributed by atoms with Crippen LogP contribution >= 0.6 is 15.9 Å². The SMILES string of the molecule is CCNc1cc(C(F)F)nc2c(Br)ccc(F)c12. The van der Waals surface area contributed by atoms with Crippen molar-refractivity contribution < 1.29 is 13.2 Å². The van der Waals surface area contributed by atoms with E-state index in [1.165, 1.54) is 18.2 Å². The molecule has 0 radical (unpaired) electrons. The minimum absolute atomic E-state index is 0.198. The summed E-state index contributed by atoms with van der Waals surface area (Å²) in [4.78, 5) is 3.80. The van der Waals surface area contributed by atoms with E-state index in [-0.39, 0.29) is 16.6 Å². The zero-order valence-corrected chi connectivity index (χ0v) is 11.1. The number of aromatic nitrogens is 1. The maximum absolute atomic E-state index is 13.8. The number of nitrogens with zero attached hydrogens (tertiary/aromatic N) is 1. The molecule has 0 aliphatic carbocycles. The van der Waals surface area contributed by atoms with Crippen molar-refractivity contribution in [3.63, 3.8) is 0 Å². The number of fused-ring (bicyclic) bond motifs is 1. The number of halogens is 4. The lowest BCUT2D eigenvalue weighted by molar-refractivity contribution is 0.146. The van der Waals surface area contributed by atoms with Gasteiger partial charge in [-0.25, -0.2) is 18.2 Å². The molecule has 2 nitrogen and oxygen atoms in total. The van der Waals surface area contributed by atoms with Crippen LogP contribution in [0.25, 0.3) is 10.9 Å². The second-order valence-corrected chi connectivity index (χ2v) is 4.53. The van der Waals surface area contributed by atoms with Gasteiger partial charge in [0.05, 0.1) is 10.9 Å². The monoisotopic (exact) mass is 318 g/mol. The Bertz CT molecular complexity index is 587. The van der Waals surface area contributed by atoms with Crippen LogP contribution in [0.3, 0.4) is 0 Å². The number of rotatable bonds is 3. The van der Waals surface area contributed by atoms with Crippen molar-refractivity contribution in [1.29, 1.82) is 0 Å². The van der Waals surface area contributed by atoms with Crippen molar-refractivity contribution >= 4 is 32.5 Å². The van der Waals surface area contributed by atoms with Gasteiger partial charge >= 0.3 is 0 Å². The number of anilines is 1. The third kappa shape index (κ3) is 2.29. The van der Waals surface area contributed by atoms with Gasteiger partial charge in [0.15, 0.2) is 0 Å². The highest BCUT2D eigenvalue weighted by molar-refractivity contribution is 9.10. The highest BCUT2D eigenvalue weighted by atomic mass is 79.9. The largest absolute Gasteiger partial charge is 0.385 e. The first-order chi connectivity index (χ1) is 8.54. The van der Waals surface area contributed by atoms with Gasteiger partial charge in [-0.3, -0.25) is 0 Å². The Morgan fingerprint density at radius 2 is 2.11 bits per heavy atom. The molecule has 0 spiro atoms. The molecule has 0 amide bonds. The topological polar surface area (TPSA) is 24.9 Å². The van der Waals surface area contributed by atoms with Gasteiger partial charge in [0, 0.05) is 16.7 Å². The van der Waals surface area contributed by atoms with Gasteiger partial charge in [0.2, 0.25) is 0 Å². The second-order valence-electron chi connectivity index (χ2n) is 3.68. The maximum Gasteiger partial charge on any atom is 0.280 e. The minimum atomic E-state index is -2.69. The Morgan fingerprint density at radius 1 is 1.39 bits per heavy atom. The fraction of sp³-hybridized carbons (Fsp3) is 0.250. The molecule has 0 fully saturated rings. The Kier molecular flexibility index (Phi) is 3.75. The van der Waals surface area contributed by atoms with E-state index in [1.54, 1.807) is 0 Å². The second kappa shape index (κ2) is 5.14. The number of benzene rings is 1.